The van der Waals surface area contributed by atoms with Crippen LogP contribution < -0.4 is 5.32 Å². The van der Waals surface area contributed by atoms with E-state index in [1.807, 2.05) is 0 Å². The molecule has 0 atom stereocenters. The molecule has 0 fully saturated rings. The molecule has 1 N–H and O–H groups in total. The molecule has 0 saturated heterocycles. The van der Waals surface area contributed by atoms with E-state index in [1.165, 1.54) is 9.88 Å². The van der Waals surface area contributed by atoms with Crippen molar-refractivity contribution in [3.63, 3.8) is 0 Å². The number of nitrogens with one attached hydrogen (secondary N) is 1. The summed E-state index contributed by atoms with van der Waals surface area (Å²) in [7, 11) is 0. The molecule has 2 heterocycles. The maximum absolute atomic E-state index is 4.63. The molecule has 3 nitrogen and oxygen atoms in total. The van der Waals surface area contributed by atoms with Crippen LogP contribution in [0.25, 0.3) is 10.6 Å². The van der Waals surface area contributed by atoms with Crippen molar-refractivity contribution >= 4 is 27.8 Å². The van der Waals surface area contributed by atoms with E-state index in [0.29, 0.717) is 12.0 Å². The molecule has 2 aromatic rings. The van der Waals surface area contributed by atoms with Gasteiger partial charge in [0.2, 0.25) is 0 Å². The first-order valence-corrected chi connectivity index (χ1v) is 7.86. The Morgan fingerprint density at radius 2 is 1.89 bits per heavy atom. The summed E-state index contributed by atoms with van der Waals surface area (Å²) >= 11 is 3.41. The van der Waals surface area contributed by atoms with Gasteiger partial charge in [0.05, 0.1) is 21.3 Å². The zero-order valence-corrected chi connectivity index (χ0v) is 13.1. The number of aromatic nitrogens is 2. The molecule has 0 unspecified atom stereocenters. The minimum absolute atomic E-state index is 0.415. The van der Waals surface area contributed by atoms with Gasteiger partial charge in [-0.15, -0.1) is 22.7 Å². The predicted molar refractivity (Wildman–Crippen MR) is 80.8 cm³/mol. The molecule has 5 heteroatoms. The topological polar surface area (TPSA) is 37.8 Å². The molecule has 98 valence electrons. The molecule has 0 aromatic carbocycles. The van der Waals surface area contributed by atoms with Crippen molar-refractivity contribution in [3.05, 3.63) is 16.1 Å². The van der Waals surface area contributed by atoms with Gasteiger partial charge < -0.3 is 5.32 Å². The first kappa shape index (κ1) is 13.5. The molecule has 0 amide bonds. The van der Waals surface area contributed by atoms with Crippen molar-refractivity contribution in [1.29, 1.82) is 0 Å². The lowest BCUT2D eigenvalue weighted by Gasteiger charge is -2.04. The van der Waals surface area contributed by atoms with E-state index in [0.717, 1.165) is 16.5 Å². The van der Waals surface area contributed by atoms with Crippen molar-refractivity contribution in [2.75, 3.05) is 5.32 Å². The summed E-state index contributed by atoms with van der Waals surface area (Å²) in [5, 5.41) is 7.62. The Hall–Kier alpha value is -0.940. The monoisotopic (exact) mass is 281 g/mol. The van der Waals surface area contributed by atoms with Crippen LogP contribution in [0.15, 0.2) is 5.38 Å². The van der Waals surface area contributed by atoms with E-state index in [1.54, 1.807) is 22.7 Å². The smallest absolute Gasteiger partial charge is 0.183 e. The molecule has 0 radical (unpaired) electrons. The Morgan fingerprint density at radius 3 is 2.44 bits per heavy atom. The van der Waals surface area contributed by atoms with Crippen LogP contribution >= 0.6 is 22.7 Å². The van der Waals surface area contributed by atoms with Crippen LogP contribution in [-0.2, 0) is 0 Å². The third-order valence-electron chi connectivity index (χ3n) is 2.46. The molecule has 0 spiro atoms. The van der Waals surface area contributed by atoms with Gasteiger partial charge >= 0.3 is 0 Å². The number of hydrogen-bond acceptors (Lipinski definition) is 5. The zero-order chi connectivity index (χ0) is 13.3. The highest BCUT2D eigenvalue weighted by Gasteiger charge is 2.14. The van der Waals surface area contributed by atoms with Gasteiger partial charge in [0.25, 0.3) is 0 Å². The molecule has 0 bridgehead atoms. The molecule has 0 saturated carbocycles. The van der Waals surface area contributed by atoms with Gasteiger partial charge in [-0.1, -0.05) is 13.8 Å². The fourth-order valence-corrected chi connectivity index (χ4v) is 3.55. The van der Waals surface area contributed by atoms with Crippen LogP contribution in [0.4, 0.5) is 5.13 Å². The number of hydrogen-bond donors (Lipinski definition) is 1. The Morgan fingerprint density at radius 1 is 1.17 bits per heavy atom. The van der Waals surface area contributed by atoms with Gasteiger partial charge in [0.1, 0.15) is 0 Å². The second-order valence-electron chi connectivity index (χ2n) is 4.96. The minimum Gasteiger partial charge on any atom is -0.359 e. The normalized spacial score (nSPS) is 11.5. The van der Waals surface area contributed by atoms with Crippen molar-refractivity contribution < 1.29 is 0 Å². The first-order valence-electron chi connectivity index (χ1n) is 6.17. The third-order valence-corrected chi connectivity index (χ3v) is 4.71. The number of thiazole rings is 2. The average molecular weight is 281 g/mol. The van der Waals surface area contributed by atoms with Gasteiger partial charge in [0, 0.05) is 17.3 Å². The lowest BCUT2D eigenvalue weighted by atomic mass is 10.2. The van der Waals surface area contributed by atoms with Gasteiger partial charge in [-0.3, -0.25) is 0 Å². The Kier molecular flexibility index (Phi) is 4.02. The number of rotatable bonds is 4. The van der Waals surface area contributed by atoms with E-state index in [-0.39, 0.29) is 0 Å². The molecule has 0 aliphatic rings. The number of anilines is 1. The van der Waals surface area contributed by atoms with Crippen LogP contribution in [0.5, 0.6) is 0 Å². The molecule has 18 heavy (non-hydrogen) atoms. The second-order valence-corrected chi connectivity index (χ2v) is 6.85. The van der Waals surface area contributed by atoms with E-state index >= 15 is 0 Å². The predicted octanol–water partition coefficient (Wildman–Crippen LogP) is 4.52. The van der Waals surface area contributed by atoms with Gasteiger partial charge in [-0.05, 0) is 20.8 Å². The SMILES string of the molecule is Cc1nc(C(C)C)sc1-c1csc(NC(C)C)n1. The fraction of sp³-hybridized carbons (Fsp3) is 0.538. The summed E-state index contributed by atoms with van der Waals surface area (Å²) in [5.74, 6) is 0.481. The van der Waals surface area contributed by atoms with E-state index < -0.39 is 0 Å². The van der Waals surface area contributed by atoms with Crippen LogP contribution in [0.2, 0.25) is 0 Å². The highest BCUT2D eigenvalue weighted by atomic mass is 32.1. The second kappa shape index (κ2) is 5.36. The molecule has 0 aliphatic heterocycles. The van der Waals surface area contributed by atoms with Gasteiger partial charge in [-0.25, -0.2) is 9.97 Å². The van der Waals surface area contributed by atoms with Gasteiger partial charge in [0.15, 0.2) is 5.13 Å². The Labute approximate surface area is 116 Å². The van der Waals surface area contributed by atoms with Crippen LogP contribution in [0.3, 0.4) is 0 Å². The average Bonchev–Trinajstić information content (AvgIpc) is 2.83. The maximum atomic E-state index is 4.63. The summed E-state index contributed by atoms with van der Waals surface area (Å²) < 4.78 is 0. The number of nitrogens with zero attached hydrogens (tertiary/aromatic N) is 2. The molecule has 0 aliphatic carbocycles. The summed E-state index contributed by atoms with van der Waals surface area (Å²) in [5.41, 5.74) is 2.13. The van der Waals surface area contributed by atoms with Gasteiger partial charge in [-0.2, -0.15) is 0 Å². The van der Waals surface area contributed by atoms with Crippen LogP contribution in [-0.4, -0.2) is 16.0 Å². The van der Waals surface area contributed by atoms with E-state index in [2.05, 4.69) is 55.3 Å². The molecular weight excluding hydrogens is 262 g/mol. The lowest BCUT2D eigenvalue weighted by molar-refractivity contribution is 0.847. The fourth-order valence-electron chi connectivity index (χ4n) is 1.59. The maximum Gasteiger partial charge on any atom is 0.183 e. The summed E-state index contributed by atoms with van der Waals surface area (Å²) in [6, 6.07) is 0.415. The van der Waals surface area contributed by atoms with Crippen molar-refractivity contribution in [3.8, 4) is 10.6 Å². The zero-order valence-electron chi connectivity index (χ0n) is 11.4. The van der Waals surface area contributed by atoms with Crippen LogP contribution in [0.1, 0.15) is 44.3 Å². The first-order chi connectivity index (χ1) is 8.47. The van der Waals surface area contributed by atoms with Crippen molar-refractivity contribution in [1.82, 2.24) is 9.97 Å². The van der Waals surface area contributed by atoms with Crippen LogP contribution in [0, 0.1) is 6.92 Å². The van der Waals surface area contributed by atoms with E-state index in [4.69, 9.17) is 0 Å². The lowest BCUT2D eigenvalue weighted by Crippen LogP contribution is -2.08. The molecule has 2 rings (SSSR count). The Bertz CT molecular complexity index is 526. The summed E-state index contributed by atoms with van der Waals surface area (Å²) in [4.78, 5) is 10.5. The van der Waals surface area contributed by atoms with Crippen molar-refractivity contribution in [2.45, 2.75) is 46.6 Å². The number of aryl methyl sites for hydroxylation is 1. The minimum atomic E-state index is 0.415. The largest absolute Gasteiger partial charge is 0.359 e. The Balaban J connectivity index is 2.28. The van der Waals surface area contributed by atoms with Crippen molar-refractivity contribution in [2.24, 2.45) is 0 Å². The third kappa shape index (κ3) is 2.90. The summed E-state index contributed by atoms with van der Waals surface area (Å²) in [6.07, 6.45) is 0. The standard InChI is InChI=1S/C13H19N3S2/c1-7(2)12-15-9(5)11(18-12)10-6-17-13(16-10)14-8(3)4/h6-8H,1-5H3,(H,14,16). The molecule has 2 aromatic heterocycles. The molecular formula is C13H19N3S2. The summed E-state index contributed by atoms with van der Waals surface area (Å²) in [6.45, 7) is 10.7. The highest BCUT2D eigenvalue weighted by molar-refractivity contribution is 7.16. The van der Waals surface area contributed by atoms with E-state index in [9.17, 15) is 0 Å². The highest BCUT2D eigenvalue weighted by Crippen LogP contribution is 2.34. The quantitative estimate of drug-likeness (QED) is 0.895.